The van der Waals surface area contributed by atoms with E-state index in [-0.39, 0.29) is 0 Å². The van der Waals surface area contributed by atoms with E-state index in [9.17, 15) is 0 Å². The predicted octanol–water partition coefficient (Wildman–Crippen LogP) is 3.79. The average molecular weight is 369 g/mol. The molecular weight excluding hydrogens is 336 g/mol. The first-order valence-corrected chi connectivity index (χ1v) is 9.89. The molecule has 1 saturated heterocycles. The predicted molar refractivity (Wildman–Crippen MR) is 111 cm³/mol. The number of nitrogens with one attached hydrogen (secondary N) is 2. The molecule has 2 N–H and O–H groups in total. The Morgan fingerprint density at radius 1 is 1.22 bits per heavy atom. The molecule has 2 aromatic rings. The van der Waals surface area contributed by atoms with E-state index in [0.717, 1.165) is 50.0 Å². The molecule has 0 bridgehead atoms. The van der Waals surface area contributed by atoms with Gasteiger partial charge in [0, 0.05) is 44.3 Å². The van der Waals surface area contributed by atoms with E-state index >= 15 is 0 Å². The SMILES string of the molecule is CN=C(NCc1cc(C)oc1C)NC1CCN(C(C)c2ccccc2)CC1. The fourth-order valence-electron chi connectivity index (χ4n) is 3.80. The van der Waals surface area contributed by atoms with Gasteiger partial charge in [-0.3, -0.25) is 9.89 Å². The van der Waals surface area contributed by atoms with Gasteiger partial charge < -0.3 is 15.1 Å². The number of aliphatic imine (C=N–C) groups is 1. The second-order valence-corrected chi connectivity index (χ2v) is 7.41. The van der Waals surface area contributed by atoms with Gasteiger partial charge in [0.2, 0.25) is 0 Å². The number of hydrogen-bond donors (Lipinski definition) is 2. The highest BCUT2D eigenvalue weighted by atomic mass is 16.3. The van der Waals surface area contributed by atoms with E-state index in [1.54, 1.807) is 0 Å². The highest BCUT2D eigenvalue weighted by Gasteiger charge is 2.24. The van der Waals surface area contributed by atoms with Crippen LogP contribution in [0, 0.1) is 13.8 Å². The number of likely N-dealkylation sites (tertiary alicyclic amines) is 1. The van der Waals surface area contributed by atoms with Crippen LogP contribution in [0.25, 0.3) is 0 Å². The average Bonchev–Trinajstić information content (AvgIpc) is 3.02. The summed E-state index contributed by atoms with van der Waals surface area (Å²) in [6.07, 6.45) is 2.25. The highest BCUT2D eigenvalue weighted by Crippen LogP contribution is 2.24. The van der Waals surface area contributed by atoms with Crippen LogP contribution in [0.3, 0.4) is 0 Å². The molecule has 0 aliphatic carbocycles. The van der Waals surface area contributed by atoms with Crippen molar-refractivity contribution in [2.45, 2.75) is 52.2 Å². The summed E-state index contributed by atoms with van der Waals surface area (Å²) in [5.41, 5.74) is 2.58. The van der Waals surface area contributed by atoms with E-state index in [2.05, 4.69) is 63.8 Å². The Labute approximate surface area is 162 Å². The Kier molecular flexibility index (Phi) is 6.56. The van der Waals surface area contributed by atoms with E-state index in [1.807, 2.05) is 20.9 Å². The van der Waals surface area contributed by atoms with E-state index in [0.29, 0.717) is 12.1 Å². The minimum atomic E-state index is 0.461. The number of nitrogens with zero attached hydrogens (tertiary/aromatic N) is 2. The molecule has 5 nitrogen and oxygen atoms in total. The van der Waals surface area contributed by atoms with Gasteiger partial charge in [0.1, 0.15) is 11.5 Å². The van der Waals surface area contributed by atoms with Gasteiger partial charge in [-0.15, -0.1) is 0 Å². The summed E-state index contributed by atoms with van der Waals surface area (Å²) in [6.45, 7) is 9.22. The number of rotatable bonds is 5. The molecule has 3 rings (SSSR count). The summed E-state index contributed by atoms with van der Waals surface area (Å²) in [6, 6.07) is 13.8. The zero-order valence-corrected chi connectivity index (χ0v) is 17.0. The summed E-state index contributed by atoms with van der Waals surface area (Å²) in [5.74, 6) is 2.79. The number of hydrogen-bond acceptors (Lipinski definition) is 3. The number of furan rings is 1. The lowest BCUT2D eigenvalue weighted by atomic mass is 10.0. The minimum Gasteiger partial charge on any atom is -0.466 e. The van der Waals surface area contributed by atoms with Gasteiger partial charge in [0.15, 0.2) is 5.96 Å². The summed E-state index contributed by atoms with van der Waals surface area (Å²) < 4.78 is 5.60. The fourth-order valence-corrected chi connectivity index (χ4v) is 3.80. The molecule has 1 fully saturated rings. The van der Waals surface area contributed by atoms with Gasteiger partial charge in [-0.1, -0.05) is 30.3 Å². The number of piperidine rings is 1. The molecule has 2 heterocycles. The highest BCUT2D eigenvalue weighted by molar-refractivity contribution is 5.80. The lowest BCUT2D eigenvalue weighted by Crippen LogP contribution is -2.48. The topological polar surface area (TPSA) is 52.8 Å². The molecule has 1 aromatic carbocycles. The van der Waals surface area contributed by atoms with Gasteiger partial charge in [-0.25, -0.2) is 0 Å². The van der Waals surface area contributed by atoms with Crippen LogP contribution in [0.1, 0.15) is 48.5 Å². The van der Waals surface area contributed by atoms with Crippen LogP contribution in [0.5, 0.6) is 0 Å². The fraction of sp³-hybridized carbons (Fsp3) is 0.500. The molecule has 0 amide bonds. The Morgan fingerprint density at radius 3 is 2.52 bits per heavy atom. The van der Waals surface area contributed by atoms with Gasteiger partial charge >= 0.3 is 0 Å². The third-order valence-electron chi connectivity index (χ3n) is 5.51. The molecule has 1 aliphatic rings. The standard InChI is InChI=1S/C22H32N4O/c1-16-14-20(18(3)27-16)15-24-22(23-4)25-21-10-12-26(13-11-21)17(2)19-8-6-5-7-9-19/h5-9,14,17,21H,10-13,15H2,1-4H3,(H2,23,24,25). The summed E-state index contributed by atoms with van der Waals surface area (Å²) >= 11 is 0. The maximum Gasteiger partial charge on any atom is 0.191 e. The Balaban J connectivity index is 1.47. The Hall–Kier alpha value is -2.27. The van der Waals surface area contributed by atoms with Crippen molar-refractivity contribution in [3.8, 4) is 0 Å². The van der Waals surface area contributed by atoms with Crippen molar-refractivity contribution in [3.63, 3.8) is 0 Å². The van der Waals surface area contributed by atoms with Crippen LogP contribution >= 0.6 is 0 Å². The van der Waals surface area contributed by atoms with E-state index in [1.165, 1.54) is 11.1 Å². The maximum atomic E-state index is 5.60. The molecule has 0 radical (unpaired) electrons. The first-order valence-electron chi connectivity index (χ1n) is 9.89. The zero-order valence-electron chi connectivity index (χ0n) is 17.0. The van der Waals surface area contributed by atoms with Crippen LogP contribution < -0.4 is 10.6 Å². The van der Waals surface area contributed by atoms with Crippen molar-refractivity contribution < 1.29 is 4.42 Å². The van der Waals surface area contributed by atoms with Crippen molar-refractivity contribution in [3.05, 3.63) is 59.0 Å². The molecule has 1 atom stereocenters. The third-order valence-corrected chi connectivity index (χ3v) is 5.51. The van der Waals surface area contributed by atoms with Gasteiger partial charge in [0.05, 0.1) is 0 Å². The lowest BCUT2D eigenvalue weighted by molar-refractivity contribution is 0.158. The maximum absolute atomic E-state index is 5.60. The van der Waals surface area contributed by atoms with Crippen LogP contribution in [0.2, 0.25) is 0 Å². The van der Waals surface area contributed by atoms with Gasteiger partial charge in [-0.05, 0) is 45.2 Å². The first kappa shape index (κ1) is 19.5. The number of guanidine groups is 1. The van der Waals surface area contributed by atoms with Gasteiger partial charge in [-0.2, -0.15) is 0 Å². The van der Waals surface area contributed by atoms with E-state index < -0.39 is 0 Å². The van der Waals surface area contributed by atoms with Crippen LogP contribution in [-0.2, 0) is 6.54 Å². The second kappa shape index (κ2) is 9.09. The van der Waals surface area contributed by atoms with Gasteiger partial charge in [0.25, 0.3) is 0 Å². The Bertz CT molecular complexity index is 745. The molecule has 1 unspecified atom stereocenters. The van der Waals surface area contributed by atoms with Crippen molar-refractivity contribution in [1.29, 1.82) is 0 Å². The van der Waals surface area contributed by atoms with Crippen LogP contribution in [-0.4, -0.2) is 37.0 Å². The second-order valence-electron chi connectivity index (χ2n) is 7.41. The molecule has 1 aliphatic heterocycles. The largest absolute Gasteiger partial charge is 0.466 e. The van der Waals surface area contributed by atoms with Crippen molar-refractivity contribution in [2.24, 2.45) is 4.99 Å². The normalized spacial score (nSPS) is 17.7. The molecule has 0 saturated carbocycles. The van der Waals surface area contributed by atoms with Crippen LogP contribution in [0.4, 0.5) is 0 Å². The molecule has 27 heavy (non-hydrogen) atoms. The summed E-state index contributed by atoms with van der Waals surface area (Å²) in [7, 11) is 1.83. The third kappa shape index (κ3) is 5.13. The smallest absolute Gasteiger partial charge is 0.191 e. The first-order chi connectivity index (χ1) is 13.1. The Morgan fingerprint density at radius 2 is 1.93 bits per heavy atom. The molecule has 146 valence electrons. The van der Waals surface area contributed by atoms with Crippen molar-refractivity contribution >= 4 is 5.96 Å². The zero-order chi connectivity index (χ0) is 19.2. The lowest BCUT2D eigenvalue weighted by Gasteiger charge is -2.37. The van der Waals surface area contributed by atoms with Crippen molar-refractivity contribution in [2.75, 3.05) is 20.1 Å². The van der Waals surface area contributed by atoms with Crippen molar-refractivity contribution in [1.82, 2.24) is 15.5 Å². The molecule has 1 aromatic heterocycles. The van der Waals surface area contributed by atoms with E-state index in [4.69, 9.17) is 4.42 Å². The summed E-state index contributed by atoms with van der Waals surface area (Å²) in [5, 5.41) is 7.00. The monoisotopic (exact) mass is 368 g/mol. The summed E-state index contributed by atoms with van der Waals surface area (Å²) in [4.78, 5) is 6.96. The quantitative estimate of drug-likeness (QED) is 0.623. The number of benzene rings is 1. The molecule has 0 spiro atoms. The minimum absolute atomic E-state index is 0.461. The number of aryl methyl sites for hydroxylation is 2. The molecular formula is C22H32N4O. The molecule has 5 heteroatoms. The van der Waals surface area contributed by atoms with Crippen LogP contribution in [0.15, 0.2) is 45.8 Å².